The second kappa shape index (κ2) is 9.40. The first-order valence-electron chi connectivity index (χ1n) is 8.85. The Hall–Kier alpha value is -2.10. The van der Waals surface area contributed by atoms with E-state index in [2.05, 4.69) is 15.2 Å². The Balaban J connectivity index is 2.00. The van der Waals surface area contributed by atoms with Gasteiger partial charge in [0.25, 0.3) is 5.91 Å². The number of hydrogen-bond donors (Lipinski definition) is 0. The molecule has 0 N–H and O–H groups in total. The summed E-state index contributed by atoms with van der Waals surface area (Å²) in [5.74, 6) is -0.328. The Kier molecular flexibility index (Phi) is 7.45. The van der Waals surface area contributed by atoms with E-state index in [0.29, 0.717) is 30.2 Å². The summed E-state index contributed by atoms with van der Waals surface area (Å²) >= 11 is 1.01. The fraction of sp³-hybridized carbons (Fsp3) is 0.556. The van der Waals surface area contributed by atoms with Gasteiger partial charge in [-0.3, -0.25) is 9.69 Å². The number of anilines is 1. The van der Waals surface area contributed by atoms with E-state index in [9.17, 15) is 22.4 Å². The van der Waals surface area contributed by atoms with Crippen molar-refractivity contribution in [3.05, 3.63) is 33.9 Å². The lowest BCUT2D eigenvalue weighted by Gasteiger charge is -2.16. The molecule has 1 unspecified atom stereocenters. The minimum absolute atomic E-state index is 0.0225. The van der Waals surface area contributed by atoms with Gasteiger partial charge in [-0.05, 0) is 37.3 Å². The predicted molar refractivity (Wildman–Crippen MR) is 99.2 cm³/mol. The minimum atomic E-state index is -4.53. The molecule has 28 heavy (non-hydrogen) atoms. The van der Waals surface area contributed by atoms with Crippen LogP contribution < -0.4 is 4.90 Å². The molecule has 2 aromatic rings. The molecule has 0 aliphatic carbocycles. The van der Waals surface area contributed by atoms with Crippen molar-refractivity contribution >= 4 is 23.1 Å². The standard InChI is InChI=1S/C18H22F4N4OS/c1-11(2)4-5-13(19)6-7-15-24-25-16(28-15)17(27)26(3)14-10-12(8-9-23-14)18(20,21)22/h8-11,13H,4-7H2,1-3H3. The summed E-state index contributed by atoms with van der Waals surface area (Å²) in [6.07, 6.45) is -2.55. The first-order valence-corrected chi connectivity index (χ1v) is 9.67. The second-order valence-corrected chi connectivity index (χ2v) is 7.93. The van der Waals surface area contributed by atoms with Crippen molar-refractivity contribution in [3.8, 4) is 0 Å². The molecule has 0 aliphatic heterocycles. The molecule has 2 heterocycles. The van der Waals surface area contributed by atoms with Crippen molar-refractivity contribution in [2.45, 2.75) is 51.9 Å². The quantitative estimate of drug-likeness (QED) is 0.570. The van der Waals surface area contributed by atoms with Gasteiger partial charge in [0.2, 0.25) is 5.01 Å². The van der Waals surface area contributed by atoms with Gasteiger partial charge in [0.05, 0.1) is 5.56 Å². The maximum Gasteiger partial charge on any atom is 0.416 e. The van der Waals surface area contributed by atoms with Gasteiger partial charge in [0.15, 0.2) is 0 Å². The van der Waals surface area contributed by atoms with Crippen molar-refractivity contribution in [1.29, 1.82) is 0 Å². The van der Waals surface area contributed by atoms with Crippen LogP contribution in [0.4, 0.5) is 23.4 Å². The van der Waals surface area contributed by atoms with Gasteiger partial charge in [0.1, 0.15) is 17.0 Å². The third kappa shape index (κ3) is 6.22. The van der Waals surface area contributed by atoms with Gasteiger partial charge in [-0.15, -0.1) is 10.2 Å². The zero-order chi connectivity index (χ0) is 20.9. The molecule has 0 aliphatic rings. The van der Waals surface area contributed by atoms with Crippen LogP contribution in [-0.4, -0.2) is 34.3 Å². The monoisotopic (exact) mass is 418 g/mol. The van der Waals surface area contributed by atoms with Gasteiger partial charge in [-0.1, -0.05) is 25.2 Å². The number of pyridine rings is 1. The van der Waals surface area contributed by atoms with E-state index < -0.39 is 23.8 Å². The Bertz CT molecular complexity index is 794. The number of rotatable bonds is 8. The molecule has 1 amide bonds. The molecule has 5 nitrogen and oxygen atoms in total. The van der Waals surface area contributed by atoms with Gasteiger partial charge >= 0.3 is 6.18 Å². The van der Waals surface area contributed by atoms with Crippen LogP contribution in [0.3, 0.4) is 0 Å². The molecule has 0 aromatic carbocycles. The lowest BCUT2D eigenvalue weighted by molar-refractivity contribution is -0.137. The van der Waals surface area contributed by atoms with Crippen LogP contribution in [0.2, 0.25) is 0 Å². The van der Waals surface area contributed by atoms with Crippen LogP contribution in [0.15, 0.2) is 18.3 Å². The molecule has 0 bridgehead atoms. The number of alkyl halides is 4. The second-order valence-electron chi connectivity index (χ2n) is 6.87. The number of carbonyl (C=O) groups is 1. The molecule has 0 saturated carbocycles. The van der Waals surface area contributed by atoms with Gasteiger partial charge < -0.3 is 0 Å². The molecule has 1 atom stereocenters. The van der Waals surface area contributed by atoms with E-state index in [1.54, 1.807) is 0 Å². The Labute approximate surface area is 164 Å². The lowest BCUT2D eigenvalue weighted by Crippen LogP contribution is -2.27. The van der Waals surface area contributed by atoms with E-state index in [0.717, 1.165) is 41.0 Å². The Morgan fingerprint density at radius 1 is 1.21 bits per heavy atom. The van der Waals surface area contributed by atoms with Crippen LogP contribution in [0.1, 0.15) is 53.5 Å². The zero-order valence-electron chi connectivity index (χ0n) is 15.8. The first kappa shape index (κ1) is 22.2. The molecular formula is C18H22F4N4OS. The van der Waals surface area contributed by atoms with E-state index in [4.69, 9.17) is 0 Å². The number of hydrogen-bond acceptors (Lipinski definition) is 5. The summed E-state index contributed by atoms with van der Waals surface area (Å²) < 4.78 is 52.4. The number of halogens is 4. The largest absolute Gasteiger partial charge is 0.416 e. The lowest BCUT2D eigenvalue weighted by atomic mass is 10.0. The molecular weight excluding hydrogens is 396 g/mol. The highest BCUT2D eigenvalue weighted by molar-refractivity contribution is 7.13. The third-order valence-corrected chi connectivity index (χ3v) is 5.07. The van der Waals surface area contributed by atoms with Crippen LogP contribution in [0, 0.1) is 5.92 Å². The average molecular weight is 418 g/mol. The fourth-order valence-electron chi connectivity index (χ4n) is 2.41. The average Bonchev–Trinajstić information content (AvgIpc) is 3.12. The summed E-state index contributed by atoms with van der Waals surface area (Å²) in [4.78, 5) is 17.3. The van der Waals surface area contributed by atoms with Gasteiger partial charge in [-0.2, -0.15) is 13.2 Å². The van der Waals surface area contributed by atoms with Crippen LogP contribution in [0.25, 0.3) is 0 Å². The third-order valence-electron chi connectivity index (χ3n) is 4.10. The normalized spacial score (nSPS) is 13.0. The number of aromatic nitrogens is 3. The highest BCUT2D eigenvalue weighted by atomic mass is 32.1. The minimum Gasteiger partial charge on any atom is -0.294 e. The summed E-state index contributed by atoms with van der Waals surface area (Å²) in [6.45, 7) is 4.07. The number of carbonyl (C=O) groups excluding carboxylic acids is 1. The highest BCUT2D eigenvalue weighted by Gasteiger charge is 2.31. The molecule has 0 fully saturated rings. The van der Waals surface area contributed by atoms with E-state index in [1.165, 1.54) is 7.05 Å². The molecule has 0 radical (unpaired) electrons. The number of amides is 1. The SMILES string of the molecule is CC(C)CCC(F)CCc1nnc(C(=O)N(C)c2cc(C(F)(F)F)ccn2)s1. The number of aryl methyl sites for hydroxylation is 1. The first-order chi connectivity index (χ1) is 13.1. The van der Waals surface area contributed by atoms with Gasteiger partial charge in [0, 0.05) is 19.7 Å². The van der Waals surface area contributed by atoms with Crippen molar-refractivity contribution in [1.82, 2.24) is 15.2 Å². The Morgan fingerprint density at radius 3 is 2.57 bits per heavy atom. The van der Waals surface area contributed by atoms with Gasteiger partial charge in [-0.25, -0.2) is 9.37 Å². The van der Waals surface area contributed by atoms with Crippen molar-refractivity contribution in [3.63, 3.8) is 0 Å². The summed E-state index contributed by atoms with van der Waals surface area (Å²) in [6, 6.07) is 1.62. The maximum atomic E-state index is 13.9. The molecule has 154 valence electrons. The smallest absolute Gasteiger partial charge is 0.294 e. The van der Waals surface area contributed by atoms with Crippen LogP contribution >= 0.6 is 11.3 Å². The predicted octanol–water partition coefficient (Wildman–Crippen LogP) is 4.94. The van der Waals surface area contributed by atoms with E-state index >= 15 is 0 Å². The van der Waals surface area contributed by atoms with Crippen LogP contribution in [0.5, 0.6) is 0 Å². The van der Waals surface area contributed by atoms with Crippen LogP contribution in [-0.2, 0) is 12.6 Å². The van der Waals surface area contributed by atoms with Crippen molar-refractivity contribution in [2.75, 3.05) is 11.9 Å². The topological polar surface area (TPSA) is 59.0 Å². The van der Waals surface area contributed by atoms with E-state index in [1.807, 2.05) is 13.8 Å². The zero-order valence-corrected chi connectivity index (χ0v) is 16.6. The van der Waals surface area contributed by atoms with Crippen molar-refractivity contribution < 1.29 is 22.4 Å². The molecule has 10 heteroatoms. The van der Waals surface area contributed by atoms with E-state index in [-0.39, 0.29) is 10.8 Å². The van der Waals surface area contributed by atoms with Crippen molar-refractivity contribution in [2.24, 2.45) is 5.92 Å². The molecule has 0 saturated heterocycles. The maximum absolute atomic E-state index is 13.9. The fourth-order valence-corrected chi connectivity index (χ4v) is 3.24. The summed E-state index contributed by atoms with van der Waals surface area (Å²) in [5, 5.41) is 8.22. The molecule has 2 aromatic heterocycles. The summed E-state index contributed by atoms with van der Waals surface area (Å²) in [7, 11) is 1.31. The summed E-state index contributed by atoms with van der Waals surface area (Å²) in [5.41, 5.74) is -0.898. The molecule has 2 rings (SSSR count). The molecule has 0 spiro atoms. The Morgan fingerprint density at radius 2 is 1.93 bits per heavy atom. The number of nitrogens with zero attached hydrogens (tertiary/aromatic N) is 4. The highest BCUT2D eigenvalue weighted by Crippen LogP contribution is 2.31.